The average Bonchev–Trinajstić information content (AvgIpc) is 2.54. The van der Waals surface area contributed by atoms with E-state index in [1.54, 1.807) is 5.30 Å². The molecular weight excluding hydrogens is 163 g/mol. The van der Waals surface area contributed by atoms with Crippen molar-refractivity contribution >= 4 is 13.2 Å². The van der Waals surface area contributed by atoms with Crippen LogP contribution in [0.2, 0.25) is 0 Å². The fourth-order valence-corrected chi connectivity index (χ4v) is 4.74. The lowest BCUT2D eigenvalue weighted by molar-refractivity contribution is 0.669. The van der Waals surface area contributed by atoms with Gasteiger partial charge in [0.15, 0.2) is 0 Å². The summed E-state index contributed by atoms with van der Waals surface area (Å²) in [6.07, 6.45) is 4.36. The summed E-state index contributed by atoms with van der Waals surface area (Å²) in [6.45, 7) is 2.38. The third kappa shape index (κ3) is 1.69. The minimum atomic E-state index is 0.220. The largest absolute Gasteiger partial charge is 0.0750 e. The molecule has 0 N–H and O–H groups in total. The summed E-state index contributed by atoms with van der Waals surface area (Å²) in [7, 11) is 0.220. The van der Waals surface area contributed by atoms with Gasteiger partial charge in [0.05, 0.1) is 0 Å². The lowest BCUT2D eigenvalue weighted by Crippen LogP contribution is -2.00. The summed E-state index contributed by atoms with van der Waals surface area (Å²) < 4.78 is 0. The van der Waals surface area contributed by atoms with Crippen LogP contribution in [0.4, 0.5) is 0 Å². The summed E-state index contributed by atoms with van der Waals surface area (Å²) in [5, 5.41) is 1.61. The predicted octanol–water partition coefficient (Wildman–Crippen LogP) is 2.83. The molecule has 0 aromatic heterocycles. The van der Waals surface area contributed by atoms with Gasteiger partial charge in [-0.3, -0.25) is 0 Å². The Morgan fingerprint density at radius 1 is 1.25 bits per heavy atom. The van der Waals surface area contributed by atoms with Gasteiger partial charge in [-0.1, -0.05) is 45.2 Å². The van der Waals surface area contributed by atoms with Crippen molar-refractivity contribution < 1.29 is 0 Å². The molecule has 1 heterocycles. The first-order valence-electron chi connectivity index (χ1n) is 4.66. The van der Waals surface area contributed by atoms with E-state index in [4.69, 9.17) is 0 Å². The van der Waals surface area contributed by atoms with Crippen molar-refractivity contribution in [1.82, 2.24) is 0 Å². The molecule has 0 aliphatic carbocycles. The van der Waals surface area contributed by atoms with Crippen LogP contribution in [0.5, 0.6) is 0 Å². The van der Waals surface area contributed by atoms with Gasteiger partial charge in [-0.15, -0.1) is 0 Å². The summed E-state index contributed by atoms with van der Waals surface area (Å²) >= 11 is 0. The van der Waals surface area contributed by atoms with E-state index >= 15 is 0 Å². The molecule has 2 unspecified atom stereocenters. The molecule has 0 bridgehead atoms. The Morgan fingerprint density at radius 3 is 2.58 bits per heavy atom. The minimum Gasteiger partial charge on any atom is -0.0750 e. The van der Waals surface area contributed by atoms with Crippen molar-refractivity contribution in [2.45, 2.75) is 13.3 Å². The number of hydrogen-bond acceptors (Lipinski definition) is 0. The maximum absolute atomic E-state index is 2.38. The average molecular weight is 178 g/mol. The van der Waals surface area contributed by atoms with Crippen LogP contribution in [-0.2, 0) is 0 Å². The third-order valence-electron chi connectivity index (χ3n) is 2.55. The van der Waals surface area contributed by atoms with E-state index in [9.17, 15) is 0 Å². The highest BCUT2D eigenvalue weighted by molar-refractivity contribution is 7.65. The van der Waals surface area contributed by atoms with Crippen LogP contribution >= 0.6 is 7.92 Å². The molecule has 1 heteroatoms. The molecule has 1 aromatic carbocycles. The Hall–Kier alpha value is -0.350. The zero-order valence-corrected chi connectivity index (χ0v) is 8.43. The molecule has 1 aliphatic heterocycles. The van der Waals surface area contributed by atoms with Crippen LogP contribution < -0.4 is 5.30 Å². The second kappa shape index (κ2) is 3.58. The van der Waals surface area contributed by atoms with Crippen molar-refractivity contribution in [2.75, 3.05) is 12.3 Å². The molecule has 1 saturated heterocycles. The monoisotopic (exact) mass is 178 g/mol. The second-order valence-corrected chi connectivity index (χ2v) is 6.08. The summed E-state index contributed by atoms with van der Waals surface area (Å²) in [5.74, 6) is 0.969. The lowest BCUT2D eigenvalue weighted by atomic mass is 10.2. The predicted molar refractivity (Wildman–Crippen MR) is 56.5 cm³/mol. The normalized spacial score (nSPS) is 29.1. The number of rotatable bonds is 1. The highest BCUT2D eigenvalue weighted by Crippen LogP contribution is 2.44. The van der Waals surface area contributed by atoms with Gasteiger partial charge in [-0.25, -0.2) is 0 Å². The van der Waals surface area contributed by atoms with E-state index in [2.05, 4.69) is 37.3 Å². The van der Waals surface area contributed by atoms with E-state index in [1.165, 1.54) is 18.7 Å². The maximum Gasteiger partial charge on any atom is -0.0240 e. The molecule has 2 atom stereocenters. The van der Waals surface area contributed by atoms with Crippen molar-refractivity contribution in [3.8, 4) is 0 Å². The Bertz CT molecular complexity index is 242. The zero-order valence-electron chi connectivity index (χ0n) is 7.53. The Labute approximate surface area is 75.7 Å². The summed E-state index contributed by atoms with van der Waals surface area (Å²) in [4.78, 5) is 0. The quantitative estimate of drug-likeness (QED) is 0.580. The molecule has 64 valence electrons. The second-order valence-electron chi connectivity index (χ2n) is 3.68. The highest BCUT2D eigenvalue weighted by atomic mass is 31.1. The Balaban J connectivity index is 2.11. The van der Waals surface area contributed by atoms with Gasteiger partial charge >= 0.3 is 0 Å². The minimum absolute atomic E-state index is 0.220. The fourth-order valence-electron chi connectivity index (χ4n) is 1.81. The molecule has 0 amide bonds. The van der Waals surface area contributed by atoms with Crippen LogP contribution in [-0.4, -0.2) is 12.3 Å². The maximum atomic E-state index is 2.38. The van der Waals surface area contributed by atoms with E-state index < -0.39 is 0 Å². The smallest absolute Gasteiger partial charge is 0.0240 e. The SMILES string of the molecule is CC1CCP(c2ccccc2)C1. The van der Waals surface area contributed by atoms with Crippen LogP contribution in [0.25, 0.3) is 0 Å². The molecule has 12 heavy (non-hydrogen) atoms. The molecule has 1 aliphatic rings. The van der Waals surface area contributed by atoms with Crippen LogP contribution in [0, 0.1) is 5.92 Å². The van der Waals surface area contributed by atoms with Crippen molar-refractivity contribution in [2.24, 2.45) is 5.92 Å². The first-order valence-corrected chi connectivity index (χ1v) is 6.37. The molecular formula is C11H15P. The van der Waals surface area contributed by atoms with Gasteiger partial charge < -0.3 is 0 Å². The zero-order chi connectivity index (χ0) is 8.39. The topological polar surface area (TPSA) is 0 Å². The molecule has 0 radical (unpaired) electrons. The molecule has 0 nitrogen and oxygen atoms in total. The molecule has 1 aromatic rings. The molecule has 1 fully saturated rings. The fraction of sp³-hybridized carbons (Fsp3) is 0.455. The molecule has 0 spiro atoms. The van der Waals surface area contributed by atoms with Gasteiger partial charge in [0.25, 0.3) is 0 Å². The van der Waals surface area contributed by atoms with Crippen LogP contribution in [0.1, 0.15) is 13.3 Å². The standard InChI is InChI=1S/C11H15P/c1-10-7-8-12(9-10)11-5-3-2-4-6-11/h2-6,10H,7-9H2,1H3. The summed E-state index contributed by atoms with van der Waals surface area (Å²) in [6, 6.07) is 11.0. The van der Waals surface area contributed by atoms with E-state index in [0.717, 1.165) is 5.92 Å². The van der Waals surface area contributed by atoms with Gasteiger partial charge in [-0.2, -0.15) is 0 Å². The Kier molecular flexibility index (Phi) is 2.46. The van der Waals surface area contributed by atoms with Crippen LogP contribution in [0.15, 0.2) is 30.3 Å². The van der Waals surface area contributed by atoms with Gasteiger partial charge in [0, 0.05) is 0 Å². The van der Waals surface area contributed by atoms with E-state index in [0.29, 0.717) is 0 Å². The molecule has 0 saturated carbocycles. The lowest BCUT2D eigenvalue weighted by Gasteiger charge is -2.09. The number of hydrogen-bond donors (Lipinski definition) is 0. The highest BCUT2D eigenvalue weighted by Gasteiger charge is 2.21. The number of benzene rings is 1. The summed E-state index contributed by atoms with van der Waals surface area (Å²) in [5.41, 5.74) is 0. The van der Waals surface area contributed by atoms with Gasteiger partial charge in [-0.05, 0) is 30.0 Å². The van der Waals surface area contributed by atoms with Crippen molar-refractivity contribution in [1.29, 1.82) is 0 Å². The van der Waals surface area contributed by atoms with Crippen molar-refractivity contribution in [3.63, 3.8) is 0 Å². The molecule has 2 rings (SSSR count). The van der Waals surface area contributed by atoms with Crippen LogP contribution in [0.3, 0.4) is 0 Å². The van der Waals surface area contributed by atoms with E-state index in [1.807, 2.05) is 0 Å². The van der Waals surface area contributed by atoms with E-state index in [-0.39, 0.29) is 7.92 Å². The van der Waals surface area contributed by atoms with Gasteiger partial charge in [0.2, 0.25) is 0 Å². The first-order chi connectivity index (χ1) is 5.86. The third-order valence-corrected chi connectivity index (χ3v) is 5.44. The van der Waals surface area contributed by atoms with Crippen molar-refractivity contribution in [3.05, 3.63) is 30.3 Å². The first kappa shape index (κ1) is 8.26. The van der Waals surface area contributed by atoms with Gasteiger partial charge in [0.1, 0.15) is 0 Å². The Morgan fingerprint density at radius 2 is 2.00 bits per heavy atom.